The minimum Gasteiger partial charge on any atom is -0.445 e. The normalized spacial score (nSPS) is 11.9. The Balaban J connectivity index is 1.30. The zero-order chi connectivity index (χ0) is 22.3. The first-order valence-electron chi connectivity index (χ1n) is 10.3. The van der Waals surface area contributed by atoms with E-state index in [9.17, 15) is 9.59 Å². The third-order valence-corrected chi connectivity index (χ3v) is 4.86. The number of ether oxygens (including phenoxy) is 1. The Hall–Kier alpha value is -4.08. The van der Waals surface area contributed by atoms with Crippen LogP contribution in [0.15, 0.2) is 54.6 Å². The van der Waals surface area contributed by atoms with Crippen molar-refractivity contribution >= 4 is 22.9 Å². The number of Topliss-reactive ketones (excluding diaryl/α,β-unsaturated/α-hetero) is 1. The highest BCUT2D eigenvalue weighted by atomic mass is 16.5. The van der Waals surface area contributed by atoms with Gasteiger partial charge in [0, 0.05) is 0 Å². The lowest BCUT2D eigenvalue weighted by molar-refractivity contribution is -0.122. The average molecular weight is 433 g/mol. The summed E-state index contributed by atoms with van der Waals surface area (Å²) in [6.07, 6.45) is 0.135. The predicted molar refractivity (Wildman–Crippen MR) is 116 cm³/mol. The first kappa shape index (κ1) is 21.2. The van der Waals surface area contributed by atoms with Gasteiger partial charge in [-0.2, -0.15) is 4.80 Å². The standard InChI is InChI=1S/C22H23N7O3/c1-2-16(25-22(31)32-14-15-8-4-3-5-9-15)19(30)13-29-27-21(26-28-29)12-20-23-17-10-6-7-11-18(17)24-20/h3-11,16H,2,12-14H2,1H3,(H,23,24)(H,25,31). The zero-order valence-electron chi connectivity index (χ0n) is 17.6. The van der Waals surface area contributed by atoms with Crippen LogP contribution >= 0.6 is 0 Å². The monoisotopic (exact) mass is 433 g/mol. The van der Waals surface area contributed by atoms with Crippen LogP contribution in [0.2, 0.25) is 0 Å². The number of alkyl carbamates (subject to hydrolysis) is 1. The van der Waals surface area contributed by atoms with E-state index < -0.39 is 12.1 Å². The number of tetrazole rings is 1. The lowest BCUT2D eigenvalue weighted by Crippen LogP contribution is -2.42. The molecule has 2 aromatic carbocycles. The number of H-pyrrole nitrogens is 1. The number of carbonyl (C=O) groups excluding carboxylic acids is 2. The van der Waals surface area contributed by atoms with Gasteiger partial charge in [0.1, 0.15) is 19.0 Å². The summed E-state index contributed by atoms with van der Waals surface area (Å²) in [7, 11) is 0. The maximum absolute atomic E-state index is 12.6. The van der Waals surface area contributed by atoms with Crippen molar-refractivity contribution < 1.29 is 14.3 Å². The second-order valence-corrected chi connectivity index (χ2v) is 7.25. The quantitative estimate of drug-likeness (QED) is 0.415. The third-order valence-electron chi connectivity index (χ3n) is 4.86. The molecule has 4 aromatic rings. The summed E-state index contributed by atoms with van der Waals surface area (Å²) in [4.78, 5) is 33.6. The second-order valence-electron chi connectivity index (χ2n) is 7.25. The molecule has 2 N–H and O–H groups in total. The molecule has 0 aliphatic rings. The van der Waals surface area contributed by atoms with Crippen LogP contribution < -0.4 is 5.32 Å². The van der Waals surface area contributed by atoms with E-state index in [4.69, 9.17) is 4.74 Å². The molecule has 0 spiro atoms. The lowest BCUT2D eigenvalue weighted by atomic mass is 10.1. The smallest absolute Gasteiger partial charge is 0.408 e. The van der Waals surface area contributed by atoms with Gasteiger partial charge in [-0.05, 0) is 29.3 Å². The van der Waals surface area contributed by atoms with Crippen molar-refractivity contribution in [3.05, 3.63) is 71.8 Å². The van der Waals surface area contributed by atoms with Crippen molar-refractivity contribution in [2.75, 3.05) is 0 Å². The van der Waals surface area contributed by atoms with Crippen molar-refractivity contribution in [3.63, 3.8) is 0 Å². The van der Waals surface area contributed by atoms with E-state index >= 15 is 0 Å². The third kappa shape index (κ3) is 5.34. The van der Waals surface area contributed by atoms with Crippen LogP contribution in [0.5, 0.6) is 0 Å². The van der Waals surface area contributed by atoms with Gasteiger partial charge in [0.05, 0.1) is 23.5 Å². The number of aromatic nitrogens is 6. The molecule has 0 aliphatic heterocycles. The van der Waals surface area contributed by atoms with Gasteiger partial charge in [-0.25, -0.2) is 9.78 Å². The van der Waals surface area contributed by atoms with Crippen LogP contribution in [-0.2, 0) is 29.1 Å². The molecule has 32 heavy (non-hydrogen) atoms. The van der Waals surface area contributed by atoms with Crippen molar-refractivity contribution in [3.8, 4) is 0 Å². The second kappa shape index (κ2) is 9.82. The maximum atomic E-state index is 12.6. The predicted octanol–water partition coefficient (Wildman–Crippen LogP) is 2.41. The van der Waals surface area contributed by atoms with Gasteiger partial charge >= 0.3 is 6.09 Å². The average Bonchev–Trinajstić information content (AvgIpc) is 3.42. The van der Waals surface area contributed by atoms with E-state index in [0.29, 0.717) is 24.5 Å². The van der Waals surface area contributed by atoms with E-state index in [1.54, 1.807) is 0 Å². The molecular weight excluding hydrogens is 410 g/mol. The van der Waals surface area contributed by atoms with Crippen molar-refractivity contribution in [2.24, 2.45) is 0 Å². The molecule has 0 fully saturated rings. The number of benzene rings is 2. The number of rotatable bonds is 9. The SMILES string of the molecule is CCC(NC(=O)OCc1ccccc1)C(=O)Cn1nnc(Cc2nc3ccccc3[nH]2)n1. The fourth-order valence-electron chi connectivity index (χ4n) is 3.22. The number of hydrogen-bond acceptors (Lipinski definition) is 7. The number of aromatic amines is 1. The molecule has 0 bridgehead atoms. The summed E-state index contributed by atoms with van der Waals surface area (Å²) >= 11 is 0. The van der Waals surface area contributed by atoms with Gasteiger partial charge in [0.2, 0.25) is 0 Å². The Labute approximate surface area is 184 Å². The van der Waals surface area contributed by atoms with Crippen molar-refractivity contribution in [1.82, 2.24) is 35.5 Å². The van der Waals surface area contributed by atoms with Crippen LogP contribution in [0.3, 0.4) is 0 Å². The fourth-order valence-corrected chi connectivity index (χ4v) is 3.22. The molecule has 0 saturated heterocycles. The Kier molecular flexibility index (Phi) is 6.49. The summed E-state index contributed by atoms with van der Waals surface area (Å²) in [6, 6.07) is 16.3. The number of para-hydroxylation sites is 2. The number of nitrogens with zero attached hydrogens (tertiary/aromatic N) is 5. The van der Waals surface area contributed by atoms with Crippen LogP contribution in [0.4, 0.5) is 4.79 Å². The van der Waals surface area contributed by atoms with Gasteiger partial charge in [0.15, 0.2) is 11.6 Å². The van der Waals surface area contributed by atoms with Gasteiger partial charge in [-0.1, -0.05) is 49.4 Å². The van der Waals surface area contributed by atoms with E-state index in [2.05, 4.69) is 30.7 Å². The summed E-state index contributed by atoms with van der Waals surface area (Å²) in [6.45, 7) is 1.83. The molecule has 1 amide bonds. The molecule has 10 nitrogen and oxygen atoms in total. The Morgan fingerprint density at radius 3 is 2.69 bits per heavy atom. The van der Waals surface area contributed by atoms with E-state index in [1.807, 2.05) is 61.5 Å². The van der Waals surface area contributed by atoms with Crippen molar-refractivity contribution in [2.45, 2.75) is 39.0 Å². The highest BCUT2D eigenvalue weighted by Crippen LogP contribution is 2.11. The zero-order valence-corrected chi connectivity index (χ0v) is 17.6. The van der Waals surface area contributed by atoms with Gasteiger partial charge < -0.3 is 15.0 Å². The van der Waals surface area contributed by atoms with E-state index in [0.717, 1.165) is 16.6 Å². The summed E-state index contributed by atoms with van der Waals surface area (Å²) in [5, 5.41) is 14.8. The molecule has 1 atom stereocenters. The molecule has 0 saturated carbocycles. The van der Waals surface area contributed by atoms with Crippen LogP contribution in [0, 0.1) is 0 Å². The largest absolute Gasteiger partial charge is 0.445 e. The van der Waals surface area contributed by atoms with Crippen molar-refractivity contribution in [1.29, 1.82) is 0 Å². The molecule has 4 rings (SSSR count). The maximum Gasteiger partial charge on any atom is 0.408 e. The molecule has 164 valence electrons. The highest BCUT2D eigenvalue weighted by Gasteiger charge is 2.21. The number of ketones is 1. The number of imidazole rings is 1. The van der Waals surface area contributed by atoms with Crippen LogP contribution in [0.1, 0.15) is 30.6 Å². The fraction of sp³-hybridized carbons (Fsp3) is 0.273. The highest BCUT2D eigenvalue weighted by molar-refractivity contribution is 5.87. The van der Waals surface area contributed by atoms with E-state index in [1.165, 1.54) is 4.80 Å². The van der Waals surface area contributed by atoms with Gasteiger partial charge in [0.25, 0.3) is 0 Å². The molecule has 2 heterocycles. The van der Waals surface area contributed by atoms with E-state index in [-0.39, 0.29) is 18.9 Å². The molecular formula is C22H23N7O3. The number of hydrogen-bond donors (Lipinski definition) is 2. The Morgan fingerprint density at radius 2 is 1.91 bits per heavy atom. The number of carbonyl (C=O) groups is 2. The summed E-state index contributed by atoms with van der Waals surface area (Å²) in [5.74, 6) is 0.920. The van der Waals surface area contributed by atoms with Crippen LogP contribution in [-0.4, -0.2) is 48.1 Å². The topological polar surface area (TPSA) is 128 Å². The minimum absolute atomic E-state index is 0.107. The van der Waals surface area contributed by atoms with Crippen LogP contribution in [0.25, 0.3) is 11.0 Å². The Morgan fingerprint density at radius 1 is 1.12 bits per heavy atom. The number of fused-ring (bicyclic) bond motifs is 1. The lowest BCUT2D eigenvalue weighted by Gasteiger charge is -2.15. The molecule has 2 aromatic heterocycles. The van der Waals surface area contributed by atoms with Gasteiger partial charge in [-0.15, -0.1) is 10.2 Å². The number of amides is 1. The summed E-state index contributed by atoms with van der Waals surface area (Å²) in [5.41, 5.74) is 2.66. The molecule has 10 heteroatoms. The number of nitrogens with one attached hydrogen (secondary N) is 2. The summed E-state index contributed by atoms with van der Waals surface area (Å²) < 4.78 is 5.19. The van der Waals surface area contributed by atoms with Gasteiger partial charge in [-0.3, -0.25) is 4.79 Å². The Bertz CT molecular complexity index is 1170. The first-order valence-corrected chi connectivity index (χ1v) is 10.3. The molecule has 0 aliphatic carbocycles. The first-order chi connectivity index (χ1) is 15.6. The molecule has 0 radical (unpaired) electrons. The minimum atomic E-state index is -0.705. The molecule has 1 unspecified atom stereocenters.